The van der Waals surface area contributed by atoms with Gasteiger partial charge in [-0.1, -0.05) is 6.07 Å². The van der Waals surface area contributed by atoms with Crippen LogP contribution in [0.3, 0.4) is 0 Å². The maximum absolute atomic E-state index is 5.92. The van der Waals surface area contributed by atoms with E-state index in [-0.39, 0.29) is 0 Å². The molecule has 0 unspecified atom stereocenters. The van der Waals surface area contributed by atoms with Crippen molar-refractivity contribution in [3.8, 4) is 22.6 Å². The predicted molar refractivity (Wildman–Crippen MR) is 75.0 cm³/mol. The van der Waals surface area contributed by atoms with Crippen LogP contribution in [-0.2, 0) is 5.88 Å². The summed E-state index contributed by atoms with van der Waals surface area (Å²) in [5.74, 6) is 2.06. The number of hydrogen-bond acceptors (Lipinski definition) is 3. The van der Waals surface area contributed by atoms with Gasteiger partial charge in [0.1, 0.15) is 13.2 Å². The van der Waals surface area contributed by atoms with Crippen LogP contribution in [0.5, 0.6) is 11.5 Å². The fraction of sp³-hybridized carbons (Fsp3) is 0.267. The third kappa shape index (κ3) is 2.26. The van der Waals surface area contributed by atoms with Crippen LogP contribution in [0, 0.1) is 6.92 Å². The Kier molecular flexibility index (Phi) is 3.30. The lowest BCUT2D eigenvalue weighted by Crippen LogP contribution is -2.15. The summed E-state index contributed by atoms with van der Waals surface area (Å²) in [6.07, 6.45) is 3.67. The Labute approximate surface area is 117 Å². The minimum atomic E-state index is 0.469. The molecule has 0 amide bonds. The molecule has 0 saturated heterocycles. The molecule has 0 atom stereocenters. The van der Waals surface area contributed by atoms with Crippen molar-refractivity contribution < 1.29 is 9.47 Å². The van der Waals surface area contributed by atoms with Gasteiger partial charge < -0.3 is 9.47 Å². The van der Waals surface area contributed by atoms with E-state index in [0.717, 1.165) is 33.8 Å². The van der Waals surface area contributed by atoms with Crippen LogP contribution in [0.1, 0.15) is 11.1 Å². The summed E-state index contributed by atoms with van der Waals surface area (Å²) in [4.78, 5) is 4.25. The van der Waals surface area contributed by atoms with Gasteiger partial charge in [-0.3, -0.25) is 4.98 Å². The number of benzene rings is 1. The number of ether oxygens (including phenoxy) is 2. The number of halogens is 1. The molecule has 3 nitrogen and oxygen atoms in total. The van der Waals surface area contributed by atoms with Crippen molar-refractivity contribution in [3.05, 3.63) is 41.7 Å². The molecule has 4 heteroatoms. The summed E-state index contributed by atoms with van der Waals surface area (Å²) in [5, 5.41) is 0. The number of alkyl halides is 1. The van der Waals surface area contributed by atoms with Crippen LogP contribution in [-0.4, -0.2) is 18.2 Å². The first kappa shape index (κ1) is 12.3. The van der Waals surface area contributed by atoms with E-state index in [1.165, 1.54) is 0 Å². The van der Waals surface area contributed by atoms with Gasteiger partial charge in [0, 0.05) is 23.8 Å². The van der Waals surface area contributed by atoms with Crippen molar-refractivity contribution in [3.63, 3.8) is 0 Å². The van der Waals surface area contributed by atoms with Crippen LogP contribution in [0.25, 0.3) is 11.1 Å². The molecular formula is C15H14ClNO2. The quantitative estimate of drug-likeness (QED) is 0.785. The largest absolute Gasteiger partial charge is 0.486 e. The van der Waals surface area contributed by atoms with E-state index in [1.54, 1.807) is 0 Å². The molecule has 19 heavy (non-hydrogen) atoms. The number of fused-ring (bicyclic) bond motifs is 1. The normalized spacial score (nSPS) is 13.4. The van der Waals surface area contributed by atoms with Crippen molar-refractivity contribution in [1.29, 1.82) is 0 Å². The highest BCUT2D eigenvalue weighted by Crippen LogP contribution is 2.35. The highest BCUT2D eigenvalue weighted by molar-refractivity contribution is 6.17. The molecule has 0 bridgehead atoms. The third-order valence-electron chi connectivity index (χ3n) is 3.32. The van der Waals surface area contributed by atoms with E-state index < -0.39 is 0 Å². The maximum Gasteiger partial charge on any atom is 0.161 e. The highest BCUT2D eigenvalue weighted by Gasteiger charge is 2.14. The molecule has 0 radical (unpaired) electrons. The Bertz CT molecular complexity index is 613. The van der Waals surface area contributed by atoms with Crippen LogP contribution in [0.2, 0.25) is 0 Å². The zero-order valence-corrected chi connectivity index (χ0v) is 11.4. The van der Waals surface area contributed by atoms with Crippen LogP contribution in [0.15, 0.2) is 30.6 Å². The zero-order chi connectivity index (χ0) is 13.2. The fourth-order valence-corrected chi connectivity index (χ4v) is 2.47. The standard InChI is InChI=1S/C15H14ClNO2/c1-10-12(7-16)8-17-9-13(10)11-2-3-14-15(6-11)19-5-4-18-14/h2-3,6,8-9H,4-5,7H2,1H3. The lowest BCUT2D eigenvalue weighted by molar-refractivity contribution is 0.171. The van der Waals surface area contributed by atoms with Gasteiger partial charge in [-0.2, -0.15) is 0 Å². The molecule has 1 aliphatic heterocycles. The first-order valence-corrected chi connectivity index (χ1v) is 6.72. The van der Waals surface area contributed by atoms with Crippen molar-refractivity contribution in [2.75, 3.05) is 13.2 Å². The van der Waals surface area contributed by atoms with Crippen molar-refractivity contribution >= 4 is 11.6 Å². The maximum atomic E-state index is 5.92. The summed E-state index contributed by atoms with van der Waals surface area (Å²) in [6, 6.07) is 5.96. The van der Waals surface area contributed by atoms with Gasteiger partial charge in [-0.15, -0.1) is 11.6 Å². The summed E-state index contributed by atoms with van der Waals surface area (Å²) in [5.41, 5.74) is 4.35. The smallest absolute Gasteiger partial charge is 0.161 e. The molecule has 0 N–H and O–H groups in total. The van der Waals surface area contributed by atoms with E-state index in [0.29, 0.717) is 19.1 Å². The van der Waals surface area contributed by atoms with Gasteiger partial charge >= 0.3 is 0 Å². The number of aromatic nitrogens is 1. The molecule has 0 spiro atoms. The predicted octanol–water partition coefficient (Wildman–Crippen LogP) is 3.57. The summed E-state index contributed by atoms with van der Waals surface area (Å²) in [7, 11) is 0. The SMILES string of the molecule is Cc1c(CCl)cncc1-c1ccc2c(c1)OCCO2. The van der Waals surface area contributed by atoms with Gasteiger partial charge in [0.2, 0.25) is 0 Å². The number of pyridine rings is 1. The Morgan fingerprint density at radius 1 is 1.16 bits per heavy atom. The minimum Gasteiger partial charge on any atom is -0.486 e. The topological polar surface area (TPSA) is 31.4 Å². The van der Waals surface area contributed by atoms with Crippen molar-refractivity contribution in [1.82, 2.24) is 4.98 Å². The Hall–Kier alpha value is -1.74. The molecule has 1 aromatic carbocycles. The second-order valence-corrected chi connectivity index (χ2v) is 4.73. The average molecular weight is 276 g/mol. The Morgan fingerprint density at radius 3 is 2.74 bits per heavy atom. The van der Waals surface area contributed by atoms with E-state index in [9.17, 15) is 0 Å². The average Bonchev–Trinajstić information content (AvgIpc) is 2.47. The second kappa shape index (κ2) is 5.10. The minimum absolute atomic E-state index is 0.469. The molecule has 1 aromatic heterocycles. The third-order valence-corrected chi connectivity index (χ3v) is 3.60. The molecule has 1 aliphatic rings. The van der Waals surface area contributed by atoms with E-state index >= 15 is 0 Å². The first-order valence-electron chi connectivity index (χ1n) is 6.19. The molecular weight excluding hydrogens is 262 g/mol. The number of rotatable bonds is 2. The molecule has 98 valence electrons. The summed E-state index contributed by atoms with van der Waals surface area (Å²) >= 11 is 5.92. The van der Waals surface area contributed by atoms with Crippen LogP contribution in [0.4, 0.5) is 0 Å². The zero-order valence-electron chi connectivity index (χ0n) is 10.6. The lowest BCUT2D eigenvalue weighted by atomic mass is 9.99. The van der Waals surface area contributed by atoms with Gasteiger partial charge in [0.05, 0.1) is 0 Å². The monoisotopic (exact) mass is 275 g/mol. The molecule has 3 rings (SSSR count). The Morgan fingerprint density at radius 2 is 1.95 bits per heavy atom. The summed E-state index contributed by atoms with van der Waals surface area (Å²) in [6.45, 7) is 3.26. The molecule has 0 fully saturated rings. The van der Waals surface area contributed by atoms with Gasteiger partial charge in [0.25, 0.3) is 0 Å². The van der Waals surface area contributed by atoms with Gasteiger partial charge in [-0.05, 0) is 35.7 Å². The Balaban J connectivity index is 2.07. The van der Waals surface area contributed by atoms with Crippen molar-refractivity contribution in [2.24, 2.45) is 0 Å². The van der Waals surface area contributed by atoms with Gasteiger partial charge in [-0.25, -0.2) is 0 Å². The molecule has 2 heterocycles. The fourth-order valence-electron chi connectivity index (χ4n) is 2.21. The second-order valence-electron chi connectivity index (χ2n) is 4.46. The van der Waals surface area contributed by atoms with E-state index in [2.05, 4.69) is 11.9 Å². The van der Waals surface area contributed by atoms with Gasteiger partial charge in [0.15, 0.2) is 11.5 Å². The number of nitrogens with zero attached hydrogens (tertiary/aromatic N) is 1. The molecule has 0 aliphatic carbocycles. The van der Waals surface area contributed by atoms with E-state index in [1.807, 2.05) is 30.6 Å². The van der Waals surface area contributed by atoms with Crippen molar-refractivity contribution in [2.45, 2.75) is 12.8 Å². The lowest BCUT2D eigenvalue weighted by Gasteiger charge is -2.19. The first-order chi connectivity index (χ1) is 9.29. The van der Waals surface area contributed by atoms with Crippen LogP contribution >= 0.6 is 11.6 Å². The number of hydrogen-bond donors (Lipinski definition) is 0. The molecule has 0 saturated carbocycles. The van der Waals surface area contributed by atoms with E-state index in [4.69, 9.17) is 21.1 Å². The molecule has 2 aromatic rings. The van der Waals surface area contributed by atoms with Crippen LogP contribution < -0.4 is 9.47 Å². The highest BCUT2D eigenvalue weighted by atomic mass is 35.5. The summed E-state index contributed by atoms with van der Waals surface area (Å²) < 4.78 is 11.1.